The van der Waals surface area contributed by atoms with Crippen LogP contribution < -0.4 is 0 Å². The van der Waals surface area contributed by atoms with Crippen molar-refractivity contribution in [2.24, 2.45) is 7.05 Å². The summed E-state index contributed by atoms with van der Waals surface area (Å²) in [5, 5.41) is 8.51. The molecule has 1 aliphatic rings. The van der Waals surface area contributed by atoms with Crippen LogP contribution in [0.1, 0.15) is 19.4 Å². The van der Waals surface area contributed by atoms with Gasteiger partial charge in [0.25, 0.3) is 0 Å². The van der Waals surface area contributed by atoms with E-state index >= 15 is 0 Å². The van der Waals surface area contributed by atoms with Crippen molar-refractivity contribution in [1.82, 2.24) is 28.8 Å². The minimum absolute atomic E-state index is 0.0781. The molecule has 0 aromatic carbocycles. The van der Waals surface area contributed by atoms with Gasteiger partial charge < -0.3 is 4.90 Å². The van der Waals surface area contributed by atoms with E-state index in [-0.39, 0.29) is 23.9 Å². The third kappa shape index (κ3) is 3.62. The van der Waals surface area contributed by atoms with Crippen molar-refractivity contribution in [3.63, 3.8) is 0 Å². The molecule has 0 radical (unpaired) electrons. The first-order valence-electron chi connectivity index (χ1n) is 8.30. The highest BCUT2D eigenvalue weighted by atomic mass is 35.5. The second-order valence-electron chi connectivity index (χ2n) is 6.14. The standard InChI is InChI=1S/C15H21ClN6O3S/c1-3-14(22-10-12(16)8-18-22)15(23)20-4-6-21(7-5-20)26(24,25)13-9-17-19(2)11-13/h8-11,14H,3-7H2,1-2H3. The molecule has 1 unspecified atom stereocenters. The molecule has 0 bridgehead atoms. The maximum atomic E-state index is 12.8. The molecule has 3 rings (SSSR count). The summed E-state index contributed by atoms with van der Waals surface area (Å²) in [6.45, 7) is 3.08. The fourth-order valence-electron chi connectivity index (χ4n) is 3.00. The molecule has 1 saturated heterocycles. The lowest BCUT2D eigenvalue weighted by molar-refractivity contribution is -0.136. The molecule has 9 nitrogen and oxygen atoms in total. The first-order valence-corrected chi connectivity index (χ1v) is 10.1. The summed E-state index contributed by atoms with van der Waals surface area (Å²) < 4.78 is 29.7. The van der Waals surface area contributed by atoms with Crippen molar-refractivity contribution >= 4 is 27.5 Å². The summed E-state index contributed by atoms with van der Waals surface area (Å²) in [5.41, 5.74) is 0. The smallest absolute Gasteiger partial charge is 0.247 e. The van der Waals surface area contributed by atoms with Crippen molar-refractivity contribution in [2.75, 3.05) is 26.2 Å². The van der Waals surface area contributed by atoms with E-state index in [2.05, 4.69) is 10.2 Å². The Morgan fingerprint density at radius 1 is 1.19 bits per heavy atom. The van der Waals surface area contributed by atoms with Gasteiger partial charge in [-0.2, -0.15) is 14.5 Å². The number of amides is 1. The Bertz CT molecular complexity index is 885. The lowest BCUT2D eigenvalue weighted by Crippen LogP contribution is -2.52. The molecule has 11 heteroatoms. The van der Waals surface area contributed by atoms with Gasteiger partial charge in [-0.05, 0) is 6.42 Å². The Kier molecular flexibility index (Phi) is 5.35. The van der Waals surface area contributed by atoms with Gasteiger partial charge in [-0.25, -0.2) is 8.42 Å². The molecule has 0 N–H and O–H groups in total. The van der Waals surface area contributed by atoms with E-state index in [1.54, 1.807) is 22.8 Å². The molecular weight excluding hydrogens is 380 g/mol. The van der Waals surface area contributed by atoms with Crippen LogP contribution in [0.15, 0.2) is 29.7 Å². The van der Waals surface area contributed by atoms with Gasteiger partial charge in [-0.3, -0.25) is 14.2 Å². The molecule has 3 heterocycles. The fraction of sp³-hybridized carbons (Fsp3) is 0.533. The Labute approximate surface area is 157 Å². The highest BCUT2D eigenvalue weighted by Gasteiger charge is 2.33. The molecule has 2 aromatic heterocycles. The Morgan fingerprint density at radius 3 is 2.38 bits per heavy atom. The number of aryl methyl sites for hydroxylation is 1. The van der Waals surface area contributed by atoms with Crippen molar-refractivity contribution in [3.8, 4) is 0 Å². The molecule has 26 heavy (non-hydrogen) atoms. The van der Waals surface area contributed by atoms with Crippen LogP contribution in [-0.4, -0.2) is 69.3 Å². The van der Waals surface area contributed by atoms with E-state index in [0.717, 1.165) is 0 Å². The van der Waals surface area contributed by atoms with Crippen LogP contribution in [0.5, 0.6) is 0 Å². The summed E-state index contributed by atoms with van der Waals surface area (Å²) in [6.07, 6.45) is 6.50. The lowest BCUT2D eigenvalue weighted by Gasteiger charge is -2.35. The normalized spacial score (nSPS) is 17.4. The van der Waals surface area contributed by atoms with Crippen molar-refractivity contribution in [2.45, 2.75) is 24.3 Å². The number of sulfonamides is 1. The first-order chi connectivity index (χ1) is 12.3. The van der Waals surface area contributed by atoms with Gasteiger partial charge in [0, 0.05) is 45.6 Å². The lowest BCUT2D eigenvalue weighted by atomic mass is 10.2. The van der Waals surface area contributed by atoms with Crippen LogP contribution in [0.4, 0.5) is 0 Å². The van der Waals surface area contributed by atoms with E-state index in [1.807, 2.05) is 6.92 Å². The van der Waals surface area contributed by atoms with E-state index in [0.29, 0.717) is 24.5 Å². The van der Waals surface area contributed by atoms with Gasteiger partial charge in [0.05, 0.1) is 17.4 Å². The highest BCUT2D eigenvalue weighted by Crippen LogP contribution is 2.21. The summed E-state index contributed by atoms with van der Waals surface area (Å²) >= 11 is 5.89. The van der Waals surface area contributed by atoms with Gasteiger partial charge in [-0.1, -0.05) is 18.5 Å². The molecule has 0 saturated carbocycles. The summed E-state index contributed by atoms with van der Waals surface area (Å²) in [7, 11) is -1.92. The van der Waals surface area contributed by atoms with E-state index in [4.69, 9.17) is 11.6 Å². The zero-order chi connectivity index (χ0) is 18.9. The van der Waals surface area contributed by atoms with Gasteiger partial charge in [0.2, 0.25) is 15.9 Å². The van der Waals surface area contributed by atoms with Gasteiger partial charge >= 0.3 is 0 Å². The SMILES string of the molecule is CCC(C(=O)N1CCN(S(=O)(=O)c2cnn(C)c2)CC1)n1cc(Cl)cn1. The Balaban J connectivity index is 1.67. The van der Waals surface area contributed by atoms with Gasteiger partial charge in [0.1, 0.15) is 10.9 Å². The third-order valence-corrected chi connectivity index (χ3v) is 6.48. The Hall–Kier alpha value is -1.91. The van der Waals surface area contributed by atoms with E-state index in [9.17, 15) is 13.2 Å². The molecular formula is C15H21ClN6O3S. The molecule has 0 aliphatic carbocycles. The van der Waals surface area contributed by atoms with Crippen LogP contribution in [0.3, 0.4) is 0 Å². The first kappa shape index (κ1) is 18.9. The largest absolute Gasteiger partial charge is 0.338 e. The second kappa shape index (κ2) is 7.37. The molecule has 2 aromatic rings. The van der Waals surface area contributed by atoms with Gasteiger partial charge in [-0.15, -0.1) is 0 Å². The number of hydrogen-bond donors (Lipinski definition) is 0. The zero-order valence-corrected chi connectivity index (χ0v) is 16.2. The predicted molar refractivity (Wildman–Crippen MR) is 95.1 cm³/mol. The van der Waals surface area contributed by atoms with Crippen LogP contribution in [-0.2, 0) is 21.9 Å². The molecule has 1 aliphatic heterocycles. The van der Waals surface area contributed by atoms with Crippen LogP contribution in [0, 0.1) is 0 Å². The number of carbonyl (C=O) groups is 1. The quantitative estimate of drug-likeness (QED) is 0.738. The Morgan fingerprint density at radius 2 is 1.88 bits per heavy atom. The minimum Gasteiger partial charge on any atom is -0.338 e. The van der Waals surface area contributed by atoms with Crippen LogP contribution >= 0.6 is 11.6 Å². The average Bonchev–Trinajstić information content (AvgIpc) is 3.24. The third-order valence-electron chi connectivity index (χ3n) is 4.43. The predicted octanol–water partition coefficient (Wildman–Crippen LogP) is 0.754. The second-order valence-corrected chi connectivity index (χ2v) is 8.52. The fourth-order valence-corrected chi connectivity index (χ4v) is 4.55. The topological polar surface area (TPSA) is 93.3 Å². The van der Waals surface area contributed by atoms with Gasteiger partial charge in [0.15, 0.2) is 0 Å². The zero-order valence-electron chi connectivity index (χ0n) is 14.6. The summed E-state index contributed by atoms with van der Waals surface area (Å²) in [4.78, 5) is 14.7. The molecule has 1 atom stereocenters. The number of carbonyl (C=O) groups excluding carboxylic acids is 1. The molecule has 142 valence electrons. The summed E-state index contributed by atoms with van der Waals surface area (Å²) in [6, 6.07) is -0.441. The highest BCUT2D eigenvalue weighted by molar-refractivity contribution is 7.89. The number of piperazine rings is 1. The summed E-state index contributed by atoms with van der Waals surface area (Å²) in [5.74, 6) is -0.0781. The monoisotopic (exact) mass is 400 g/mol. The van der Waals surface area contributed by atoms with Crippen molar-refractivity contribution in [1.29, 1.82) is 0 Å². The molecule has 1 amide bonds. The van der Waals surface area contributed by atoms with E-state index < -0.39 is 16.1 Å². The minimum atomic E-state index is -3.59. The van der Waals surface area contributed by atoms with E-state index in [1.165, 1.54) is 27.6 Å². The number of rotatable bonds is 5. The average molecular weight is 401 g/mol. The van der Waals surface area contributed by atoms with Crippen molar-refractivity contribution < 1.29 is 13.2 Å². The molecule has 0 spiro atoms. The molecule has 1 fully saturated rings. The number of hydrogen-bond acceptors (Lipinski definition) is 5. The number of halogens is 1. The maximum absolute atomic E-state index is 12.8. The number of aromatic nitrogens is 4. The maximum Gasteiger partial charge on any atom is 0.247 e. The van der Waals surface area contributed by atoms with Crippen molar-refractivity contribution in [3.05, 3.63) is 29.8 Å². The van der Waals surface area contributed by atoms with Crippen LogP contribution in [0.2, 0.25) is 5.02 Å². The van der Waals surface area contributed by atoms with Crippen LogP contribution in [0.25, 0.3) is 0 Å². The number of nitrogens with zero attached hydrogens (tertiary/aromatic N) is 6.